The van der Waals surface area contributed by atoms with E-state index in [1.807, 2.05) is 4.90 Å². The number of amides is 1. The van der Waals surface area contributed by atoms with Crippen LogP contribution in [-0.2, 0) is 6.54 Å². The van der Waals surface area contributed by atoms with Gasteiger partial charge in [0.1, 0.15) is 11.5 Å². The van der Waals surface area contributed by atoms with Gasteiger partial charge in [-0.15, -0.1) is 0 Å². The largest absolute Gasteiger partial charge is 0.364 e. The lowest BCUT2D eigenvalue weighted by Crippen LogP contribution is -2.27. The Labute approximate surface area is 132 Å². The molecule has 2 aromatic rings. The van der Waals surface area contributed by atoms with E-state index >= 15 is 0 Å². The number of hydrogen-bond acceptors (Lipinski definition) is 6. The lowest BCUT2D eigenvalue weighted by atomic mass is 10.1. The molecule has 1 aromatic heterocycles. The number of anilines is 1. The maximum Gasteiger partial charge on any atom is 0.274 e. The normalized spacial score (nSPS) is 13.6. The topological polar surface area (TPSA) is 115 Å². The molecule has 2 N–H and O–H groups in total. The Kier molecular flexibility index (Phi) is 3.88. The molecule has 118 valence electrons. The molecule has 1 saturated carbocycles. The fraction of sp³-hybridized carbons (Fsp3) is 0.267. The molecule has 0 aliphatic heterocycles. The fourth-order valence-corrected chi connectivity index (χ4v) is 2.40. The SMILES string of the molecule is NC(=O)c1cncc(N(Cc2ccccc2[N+](=O)[O-])C2CC2)n1. The lowest BCUT2D eigenvalue weighted by molar-refractivity contribution is -0.385. The van der Waals surface area contributed by atoms with Crippen molar-refractivity contribution in [2.45, 2.75) is 25.4 Å². The molecule has 1 heterocycles. The van der Waals surface area contributed by atoms with E-state index in [0.717, 1.165) is 12.8 Å². The van der Waals surface area contributed by atoms with Crippen molar-refractivity contribution in [3.05, 3.63) is 58.0 Å². The molecule has 0 saturated heterocycles. The molecule has 1 aliphatic rings. The maximum atomic E-state index is 11.3. The third kappa shape index (κ3) is 3.25. The molecule has 1 amide bonds. The first-order chi connectivity index (χ1) is 11.1. The van der Waals surface area contributed by atoms with Crippen LogP contribution in [0.2, 0.25) is 0 Å². The van der Waals surface area contributed by atoms with Crippen LogP contribution >= 0.6 is 0 Å². The van der Waals surface area contributed by atoms with Crippen LogP contribution in [0.25, 0.3) is 0 Å². The maximum absolute atomic E-state index is 11.3. The van der Waals surface area contributed by atoms with Gasteiger partial charge < -0.3 is 10.6 Å². The van der Waals surface area contributed by atoms with Crippen molar-refractivity contribution < 1.29 is 9.72 Å². The summed E-state index contributed by atoms with van der Waals surface area (Å²) in [5.41, 5.74) is 5.98. The Balaban J connectivity index is 1.93. The summed E-state index contributed by atoms with van der Waals surface area (Å²) in [6.45, 7) is 0.332. The van der Waals surface area contributed by atoms with Crippen molar-refractivity contribution in [1.29, 1.82) is 0 Å². The van der Waals surface area contributed by atoms with Gasteiger partial charge in [-0.1, -0.05) is 18.2 Å². The molecule has 8 heteroatoms. The average molecular weight is 313 g/mol. The van der Waals surface area contributed by atoms with Crippen molar-refractivity contribution >= 4 is 17.4 Å². The summed E-state index contributed by atoms with van der Waals surface area (Å²) in [4.78, 5) is 32.2. The number of rotatable bonds is 6. The number of nitrogens with two attached hydrogens (primary N) is 1. The van der Waals surface area contributed by atoms with Crippen molar-refractivity contribution in [3.8, 4) is 0 Å². The molecule has 23 heavy (non-hydrogen) atoms. The van der Waals surface area contributed by atoms with Gasteiger partial charge in [0, 0.05) is 17.7 Å². The minimum atomic E-state index is -0.652. The van der Waals surface area contributed by atoms with E-state index in [1.165, 1.54) is 12.3 Å². The zero-order valence-electron chi connectivity index (χ0n) is 12.3. The molecule has 1 fully saturated rings. The van der Waals surface area contributed by atoms with E-state index in [0.29, 0.717) is 17.9 Å². The molecule has 0 spiro atoms. The summed E-state index contributed by atoms with van der Waals surface area (Å²) < 4.78 is 0. The quantitative estimate of drug-likeness (QED) is 0.640. The second kappa shape index (κ2) is 5.99. The lowest BCUT2D eigenvalue weighted by Gasteiger charge is -2.23. The van der Waals surface area contributed by atoms with Gasteiger partial charge in [0.15, 0.2) is 0 Å². The third-order valence-corrected chi connectivity index (χ3v) is 3.69. The Morgan fingerprint density at radius 1 is 1.35 bits per heavy atom. The highest BCUT2D eigenvalue weighted by molar-refractivity contribution is 5.90. The highest BCUT2D eigenvalue weighted by Crippen LogP contribution is 2.33. The third-order valence-electron chi connectivity index (χ3n) is 3.69. The molecule has 1 aliphatic carbocycles. The van der Waals surface area contributed by atoms with Crippen LogP contribution in [-0.4, -0.2) is 26.8 Å². The van der Waals surface area contributed by atoms with Crippen LogP contribution in [0.15, 0.2) is 36.7 Å². The van der Waals surface area contributed by atoms with Crippen molar-refractivity contribution in [2.24, 2.45) is 5.73 Å². The Morgan fingerprint density at radius 3 is 2.74 bits per heavy atom. The van der Waals surface area contributed by atoms with Gasteiger partial charge in [0.25, 0.3) is 11.6 Å². The predicted molar refractivity (Wildman–Crippen MR) is 82.9 cm³/mol. The number of carbonyl (C=O) groups is 1. The van der Waals surface area contributed by atoms with Gasteiger partial charge in [-0.05, 0) is 12.8 Å². The first-order valence-corrected chi connectivity index (χ1v) is 7.17. The van der Waals surface area contributed by atoms with Gasteiger partial charge in [0.05, 0.1) is 23.9 Å². The number of nitro groups is 1. The summed E-state index contributed by atoms with van der Waals surface area (Å²) in [5.74, 6) is -0.150. The van der Waals surface area contributed by atoms with Gasteiger partial charge in [-0.25, -0.2) is 4.98 Å². The van der Waals surface area contributed by atoms with E-state index in [2.05, 4.69) is 9.97 Å². The summed E-state index contributed by atoms with van der Waals surface area (Å²) in [5, 5.41) is 11.2. The zero-order chi connectivity index (χ0) is 16.4. The summed E-state index contributed by atoms with van der Waals surface area (Å²) in [6.07, 6.45) is 4.80. The van der Waals surface area contributed by atoms with Crippen LogP contribution in [0.3, 0.4) is 0 Å². The van der Waals surface area contributed by atoms with E-state index in [4.69, 9.17) is 5.73 Å². The molecule has 0 unspecified atom stereocenters. The van der Waals surface area contributed by atoms with E-state index < -0.39 is 10.8 Å². The predicted octanol–water partition coefficient (Wildman–Crippen LogP) is 1.65. The number of aromatic nitrogens is 2. The Morgan fingerprint density at radius 2 is 2.09 bits per heavy atom. The molecule has 3 rings (SSSR count). The minimum Gasteiger partial charge on any atom is -0.364 e. The zero-order valence-corrected chi connectivity index (χ0v) is 12.3. The van der Waals surface area contributed by atoms with E-state index in [1.54, 1.807) is 24.4 Å². The number of para-hydroxylation sites is 1. The Hall–Kier alpha value is -3.03. The van der Waals surface area contributed by atoms with Gasteiger partial charge in [0.2, 0.25) is 0 Å². The molecule has 0 bridgehead atoms. The number of benzene rings is 1. The summed E-state index contributed by atoms with van der Waals surface area (Å²) in [6, 6.07) is 6.84. The fourth-order valence-electron chi connectivity index (χ4n) is 2.40. The summed E-state index contributed by atoms with van der Waals surface area (Å²) >= 11 is 0. The van der Waals surface area contributed by atoms with Gasteiger partial charge in [-0.2, -0.15) is 0 Å². The molecular formula is C15H15N5O3. The number of primary amides is 1. The molecule has 1 aromatic carbocycles. The number of nitro benzene ring substituents is 1. The van der Waals surface area contributed by atoms with Gasteiger partial charge in [-0.3, -0.25) is 19.9 Å². The van der Waals surface area contributed by atoms with Crippen LogP contribution < -0.4 is 10.6 Å². The van der Waals surface area contributed by atoms with Crippen LogP contribution in [0.5, 0.6) is 0 Å². The number of hydrogen-bond donors (Lipinski definition) is 1. The second-order valence-electron chi connectivity index (χ2n) is 5.37. The summed E-state index contributed by atoms with van der Waals surface area (Å²) in [7, 11) is 0. The monoisotopic (exact) mass is 313 g/mol. The number of nitrogens with zero attached hydrogens (tertiary/aromatic N) is 4. The standard InChI is InChI=1S/C15H15N5O3/c16-15(21)12-7-17-8-14(18-12)19(11-5-6-11)9-10-3-1-2-4-13(10)20(22)23/h1-4,7-8,11H,5-6,9H2,(H2,16,21). The van der Waals surface area contributed by atoms with Crippen LogP contribution in [0.1, 0.15) is 28.9 Å². The highest BCUT2D eigenvalue weighted by atomic mass is 16.6. The molecular weight excluding hydrogens is 298 g/mol. The van der Waals surface area contributed by atoms with Crippen molar-refractivity contribution in [1.82, 2.24) is 9.97 Å². The van der Waals surface area contributed by atoms with E-state index in [-0.39, 0.29) is 17.4 Å². The highest BCUT2D eigenvalue weighted by Gasteiger charge is 2.32. The molecule has 0 atom stereocenters. The average Bonchev–Trinajstić information content (AvgIpc) is 3.37. The van der Waals surface area contributed by atoms with E-state index in [9.17, 15) is 14.9 Å². The van der Waals surface area contributed by atoms with Crippen molar-refractivity contribution in [2.75, 3.05) is 4.90 Å². The van der Waals surface area contributed by atoms with Crippen LogP contribution in [0, 0.1) is 10.1 Å². The first kappa shape index (κ1) is 14.9. The van der Waals surface area contributed by atoms with Crippen LogP contribution in [0.4, 0.5) is 11.5 Å². The van der Waals surface area contributed by atoms with Crippen molar-refractivity contribution in [3.63, 3.8) is 0 Å². The molecule has 8 nitrogen and oxygen atoms in total. The molecule has 0 radical (unpaired) electrons. The first-order valence-electron chi connectivity index (χ1n) is 7.17. The number of carbonyl (C=O) groups excluding carboxylic acids is 1. The second-order valence-corrected chi connectivity index (χ2v) is 5.37. The van der Waals surface area contributed by atoms with Gasteiger partial charge >= 0.3 is 0 Å². The Bertz CT molecular complexity index is 760. The smallest absolute Gasteiger partial charge is 0.274 e. The minimum absolute atomic E-state index is 0.0668.